The van der Waals surface area contributed by atoms with Gasteiger partial charge < -0.3 is 4.98 Å². The third-order valence-electron chi connectivity index (χ3n) is 3.02. The molecule has 0 saturated heterocycles. The first kappa shape index (κ1) is 7.90. The molecule has 1 heteroatoms. The van der Waals surface area contributed by atoms with Crippen molar-refractivity contribution in [3.8, 4) is 0 Å². The molecule has 0 fully saturated rings. The van der Waals surface area contributed by atoms with Gasteiger partial charge in [-0.15, -0.1) is 0 Å². The summed E-state index contributed by atoms with van der Waals surface area (Å²) in [6, 6.07) is 2.26. The molecule has 1 aliphatic carbocycles. The molecule has 12 heavy (non-hydrogen) atoms. The van der Waals surface area contributed by atoms with Gasteiger partial charge in [0.2, 0.25) is 0 Å². The normalized spacial score (nSPS) is 22.8. The fourth-order valence-corrected chi connectivity index (χ4v) is 2.33. The van der Waals surface area contributed by atoms with Crippen LogP contribution in [0.3, 0.4) is 0 Å². The summed E-state index contributed by atoms with van der Waals surface area (Å²) in [6.45, 7) is 4.65. The van der Waals surface area contributed by atoms with Gasteiger partial charge in [-0.1, -0.05) is 13.8 Å². The van der Waals surface area contributed by atoms with Crippen LogP contribution >= 0.6 is 0 Å². The quantitative estimate of drug-likeness (QED) is 0.654. The van der Waals surface area contributed by atoms with Crippen LogP contribution in [0.4, 0.5) is 0 Å². The molecule has 0 aliphatic heterocycles. The molecule has 0 spiro atoms. The first-order valence-corrected chi connectivity index (χ1v) is 4.95. The highest BCUT2D eigenvalue weighted by Crippen LogP contribution is 2.35. The smallest absolute Gasteiger partial charge is 0.0182 e. The molecule has 1 N–H and O–H groups in total. The van der Waals surface area contributed by atoms with E-state index in [1.165, 1.54) is 25.0 Å². The van der Waals surface area contributed by atoms with Crippen LogP contribution in [0, 0.1) is 5.92 Å². The molecular formula is C11H17N. The van der Waals surface area contributed by atoms with E-state index < -0.39 is 0 Å². The second-order valence-electron chi connectivity index (χ2n) is 4.15. The zero-order chi connectivity index (χ0) is 8.55. The summed E-state index contributed by atoms with van der Waals surface area (Å²) in [5, 5.41) is 0. The molecule has 1 heterocycles. The van der Waals surface area contributed by atoms with Crippen molar-refractivity contribution in [2.45, 2.75) is 39.0 Å². The maximum Gasteiger partial charge on any atom is 0.0182 e. The Kier molecular flexibility index (Phi) is 1.95. The molecule has 1 atom stereocenters. The van der Waals surface area contributed by atoms with Crippen LogP contribution in [0.1, 0.15) is 43.9 Å². The predicted molar refractivity (Wildman–Crippen MR) is 51.3 cm³/mol. The van der Waals surface area contributed by atoms with E-state index in [1.807, 2.05) is 0 Å². The monoisotopic (exact) mass is 163 g/mol. The topological polar surface area (TPSA) is 15.8 Å². The third-order valence-corrected chi connectivity index (χ3v) is 3.02. The second kappa shape index (κ2) is 2.96. The van der Waals surface area contributed by atoms with Gasteiger partial charge in [-0.2, -0.15) is 0 Å². The summed E-state index contributed by atoms with van der Waals surface area (Å²) in [6.07, 6.45) is 6.08. The van der Waals surface area contributed by atoms with Gasteiger partial charge in [0.05, 0.1) is 0 Å². The van der Waals surface area contributed by atoms with Crippen molar-refractivity contribution in [3.05, 3.63) is 23.5 Å². The Labute approximate surface area is 74.2 Å². The molecule has 1 aliphatic rings. The fraction of sp³-hybridized carbons (Fsp3) is 0.636. The van der Waals surface area contributed by atoms with Crippen molar-refractivity contribution in [1.82, 2.24) is 4.98 Å². The lowest BCUT2D eigenvalue weighted by Gasteiger charge is -2.25. The molecular weight excluding hydrogens is 146 g/mol. The predicted octanol–water partition coefficient (Wildman–Crippen LogP) is 3.09. The average Bonchev–Trinajstić information content (AvgIpc) is 2.49. The molecule has 0 amide bonds. The summed E-state index contributed by atoms with van der Waals surface area (Å²) >= 11 is 0. The Bertz CT molecular complexity index is 260. The highest BCUT2D eigenvalue weighted by molar-refractivity contribution is 5.27. The van der Waals surface area contributed by atoms with E-state index in [1.54, 1.807) is 5.56 Å². The lowest BCUT2D eigenvalue weighted by atomic mass is 9.80. The van der Waals surface area contributed by atoms with E-state index in [4.69, 9.17) is 0 Å². The number of rotatable bonds is 1. The number of nitrogens with one attached hydrogen (secondary N) is 1. The van der Waals surface area contributed by atoms with E-state index in [9.17, 15) is 0 Å². The molecule has 2 rings (SSSR count). The SMILES string of the molecule is CC(C)C1CCCc2[nH]ccc21. The molecule has 0 aromatic carbocycles. The largest absolute Gasteiger partial charge is 0.365 e. The molecule has 1 aromatic rings. The highest BCUT2D eigenvalue weighted by atomic mass is 14.7. The lowest BCUT2D eigenvalue weighted by Crippen LogP contribution is -2.13. The van der Waals surface area contributed by atoms with Gasteiger partial charge in [-0.05, 0) is 42.7 Å². The highest BCUT2D eigenvalue weighted by Gasteiger charge is 2.22. The van der Waals surface area contributed by atoms with Crippen molar-refractivity contribution < 1.29 is 0 Å². The lowest BCUT2D eigenvalue weighted by molar-refractivity contribution is 0.432. The number of hydrogen-bond donors (Lipinski definition) is 1. The van der Waals surface area contributed by atoms with Crippen LogP contribution in [0.15, 0.2) is 12.3 Å². The molecule has 0 bridgehead atoms. The molecule has 0 radical (unpaired) electrons. The van der Waals surface area contributed by atoms with Crippen LogP contribution in [0.2, 0.25) is 0 Å². The fourth-order valence-electron chi connectivity index (χ4n) is 2.33. The number of fused-ring (bicyclic) bond motifs is 1. The van der Waals surface area contributed by atoms with Gasteiger partial charge in [0, 0.05) is 11.9 Å². The van der Waals surface area contributed by atoms with Crippen molar-refractivity contribution in [2.24, 2.45) is 5.92 Å². The minimum atomic E-state index is 0.792. The van der Waals surface area contributed by atoms with Crippen LogP contribution in [0.25, 0.3) is 0 Å². The number of aryl methyl sites for hydroxylation is 1. The number of aromatic nitrogens is 1. The molecule has 66 valence electrons. The van der Waals surface area contributed by atoms with Crippen LogP contribution in [0.5, 0.6) is 0 Å². The number of hydrogen-bond acceptors (Lipinski definition) is 0. The Hall–Kier alpha value is -0.720. The maximum atomic E-state index is 3.34. The maximum absolute atomic E-state index is 3.34. The third kappa shape index (κ3) is 1.17. The van der Waals surface area contributed by atoms with E-state index in [2.05, 4.69) is 31.1 Å². The summed E-state index contributed by atoms with van der Waals surface area (Å²) in [7, 11) is 0. The van der Waals surface area contributed by atoms with E-state index in [-0.39, 0.29) is 0 Å². The van der Waals surface area contributed by atoms with Crippen molar-refractivity contribution in [3.63, 3.8) is 0 Å². The van der Waals surface area contributed by atoms with Crippen molar-refractivity contribution in [2.75, 3.05) is 0 Å². The first-order valence-electron chi connectivity index (χ1n) is 4.95. The Morgan fingerprint density at radius 3 is 3.08 bits per heavy atom. The number of H-pyrrole nitrogens is 1. The zero-order valence-corrected chi connectivity index (χ0v) is 7.93. The van der Waals surface area contributed by atoms with E-state index >= 15 is 0 Å². The number of aromatic amines is 1. The van der Waals surface area contributed by atoms with E-state index in [0.717, 1.165) is 11.8 Å². The summed E-state index contributed by atoms with van der Waals surface area (Å²) in [5.41, 5.74) is 3.07. The first-order chi connectivity index (χ1) is 5.79. The summed E-state index contributed by atoms with van der Waals surface area (Å²) in [5.74, 6) is 1.60. The minimum Gasteiger partial charge on any atom is -0.365 e. The van der Waals surface area contributed by atoms with Crippen LogP contribution in [-0.2, 0) is 6.42 Å². The van der Waals surface area contributed by atoms with Gasteiger partial charge in [0.25, 0.3) is 0 Å². The Morgan fingerprint density at radius 1 is 1.50 bits per heavy atom. The molecule has 0 saturated carbocycles. The summed E-state index contributed by atoms with van der Waals surface area (Å²) < 4.78 is 0. The van der Waals surface area contributed by atoms with Gasteiger partial charge in [0.15, 0.2) is 0 Å². The average molecular weight is 163 g/mol. The minimum absolute atomic E-state index is 0.792. The molecule has 1 nitrogen and oxygen atoms in total. The van der Waals surface area contributed by atoms with Gasteiger partial charge in [0.1, 0.15) is 0 Å². The van der Waals surface area contributed by atoms with Crippen molar-refractivity contribution >= 4 is 0 Å². The molecule has 1 aromatic heterocycles. The van der Waals surface area contributed by atoms with Crippen LogP contribution in [-0.4, -0.2) is 4.98 Å². The second-order valence-corrected chi connectivity index (χ2v) is 4.15. The van der Waals surface area contributed by atoms with Crippen LogP contribution < -0.4 is 0 Å². The van der Waals surface area contributed by atoms with Gasteiger partial charge in [-0.3, -0.25) is 0 Å². The standard InChI is InChI=1S/C11H17N/c1-8(2)9-4-3-5-11-10(9)6-7-12-11/h6-9,12H,3-5H2,1-2H3. The van der Waals surface area contributed by atoms with Crippen molar-refractivity contribution in [1.29, 1.82) is 0 Å². The van der Waals surface area contributed by atoms with E-state index in [0.29, 0.717) is 0 Å². The zero-order valence-electron chi connectivity index (χ0n) is 7.93. The Morgan fingerprint density at radius 2 is 2.33 bits per heavy atom. The van der Waals surface area contributed by atoms with Gasteiger partial charge in [-0.25, -0.2) is 0 Å². The van der Waals surface area contributed by atoms with Gasteiger partial charge >= 0.3 is 0 Å². The Balaban J connectivity index is 2.31. The molecule has 1 unspecified atom stereocenters. The summed E-state index contributed by atoms with van der Waals surface area (Å²) in [4.78, 5) is 3.34.